The largest absolute Gasteiger partial charge is 0.399 e. The number of rotatable bonds is 3. The van der Waals surface area contributed by atoms with Crippen molar-refractivity contribution >= 4 is 16.6 Å². The number of nitrogens with zero attached hydrogens (tertiary/aromatic N) is 3. The first-order valence-electron chi connectivity index (χ1n) is 9.71. The summed E-state index contributed by atoms with van der Waals surface area (Å²) in [4.78, 5) is 27.4. The molecule has 4 aromatic rings. The van der Waals surface area contributed by atoms with Crippen molar-refractivity contribution in [2.24, 2.45) is 0 Å². The van der Waals surface area contributed by atoms with E-state index in [1.807, 2.05) is 42.5 Å². The number of H-pyrrole nitrogens is 1. The second kappa shape index (κ2) is 7.14. The van der Waals surface area contributed by atoms with Crippen LogP contribution in [-0.4, -0.2) is 26.4 Å². The second-order valence-electron chi connectivity index (χ2n) is 7.42. The van der Waals surface area contributed by atoms with Crippen LogP contribution in [0.1, 0.15) is 17.0 Å². The molecule has 0 spiro atoms. The summed E-state index contributed by atoms with van der Waals surface area (Å²) in [7, 11) is 0. The summed E-state index contributed by atoms with van der Waals surface area (Å²) < 4.78 is 0. The highest BCUT2D eigenvalue weighted by molar-refractivity contribution is 5.78. The second-order valence-corrected chi connectivity index (χ2v) is 7.42. The highest BCUT2D eigenvalue weighted by Gasteiger charge is 2.22. The van der Waals surface area contributed by atoms with Gasteiger partial charge in [-0.2, -0.15) is 0 Å². The van der Waals surface area contributed by atoms with Gasteiger partial charge in [0.1, 0.15) is 5.82 Å². The molecule has 6 nitrogen and oxygen atoms in total. The van der Waals surface area contributed by atoms with Crippen molar-refractivity contribution in [3.8, 4) is 11.4 Å². The van der Waals surface area contributed by atoms with Gasteiger partial charge in [-0.25, -0.2) is 4.98 Å². The summed E-state index contributed by atoms with van der Waals surface area (Å²) >= 11 is 0. The van der Waals surface area contributed by atoms with Gasteiger partial charge in [-0.05, 0) is 36.4 Å². The average Bonchev–Trinajstić information content (AvgIpc) is 2.74. The highest BCUT2D eigenvalue weighted by Crippen LogP contribution is 2.21. The van der Waals surface area contributed by atoms with Crippen LogP contribution in [0.5, 0.6) is 0 Å². The van der Waals surface area contributed by atoms with Crippen molar-refractivity contribution in [1.82, 2.24) is 19.9 Å². The molecule has 29 heavy (non-hydrogen) atoms. The number of nitrogens with one attached hydrogen (secondary N) is 1. The van der Waals surface area contributed by atoms with E-state index in [1.54, 1.807) is 0 Å². The Morgan fingerprint density at radius 1 is 1.00 bits per heavy atom. The summed E-state index contributed by atoms with van der Waals surface area (Å²) in [6, 6.07) is 19.6. The lowest BCUT2D eigenvalue weighted by molar-refractivity contribution is 0.239. The molecule has 0 fully saturated rings. The lowest BCUT2D eigenvalue weighted by Crippen LogP contribution is -2.35. The maximum atomic E-state index is 12.7. The van der Waals surface area contributed by atoms with E-state index in [0.717, 1.165) is 46.4 Å². The Bertz CT molecular complexity index is 1250. The molecule has 0 amide bonds. The van der Waals surface area contributed by atoms with Crippen LogP contribution in [0.25, 0.3) is 22.3 Å². The minimum absolute atomic E-state index is 0.0713. The molecule has 0 unspecified atom stereocenters. The Morgan fingerprint density at radius 2 is 1.83 bits per heavy atom. The molecule has 6 heteroatoms. The number of nitrogen functional groups attached to an aromatic ring is 1. The predicted octanol–water partition coefficient (Wildman–Crippen LogP) is 3.13. The van der Waals surface area contributed by atoms with Gasteiger partial charge in [-0.15, -0.1) is 0 Å². The van der Waals surface area contributed by atoms with Crippen molar-refractivity contribution < 1.29 is 0 Å². The number of pyridine rings is 1. The quantitative estimate of drug-likeness (QED) is 0.531. The molecule has 5 rings (SSSR count). The van der Waals surface area contributed by atoms with Gasteiger partial charge < -0.3 is 10.7 Å². The molecular formula is C23H21N5O. The first-order valence-corrected chi connectivity index (χ1v) is 9.71. The number of hydrogen-bond donors (Lipinski definition) is 2. The Hall–Kier alpha value is -3.51. The van der Waals surface area contributed by atoms with E-state index in [1.165, 1.54) is 0 Å². The lowest BCUT2D eigenvalue weighted by Gasteiger charge is -2.27. The summed E-state index contributed by atoms with van der Waals surface area (Å²) in [5.74, 6) is 0.596. The topological polar surface area (TPSA) is 87.9 Å². The van der Waals surface area contributed by atoms with Gasteiger partial charge >= 0.3 is 0 Å². The van der Waals surface area contributed by atoms with E-state index < -0.39 is 0 Å². The molecule has 1 aliphatic heterocycles. The number of aromatic nitrogens is 3. The Kier molecular flexibility index (Phi) is 4.33. The first-order chi connectivity index (χ1) is 14.2. The average molecular weight is 383 g/mol. The van der Waals surface area contributed by atoms with Crippen molar-refractivity contribution in [2.75, 3.05) is 12.3 Å². The van der Waals surface area contributed by atoms with E-state index in [0.29, 0.717) is 24.6 Å². The zero-order valence-electron chi connectivity index (χ0n) is 15.9. The van der Waals surface area contributed by atoms with E-state index in [9.17, 15) is 4.79 Å². The summed E-state index contributed by atoms with van der Waals surface area (Å²) in [6.45, 7) is 2.14. The van der Waals surface area contributed by atoms with E-state index in [4.69, 9.17) is 15.7 Å². The van der Waals surface area contributed by atoms with E-state index >= 15 is 0 Å². The van der Waals surface area contributed by atoms with Crippen LogP contribution in [0.15, 0.2) is 65.5 Å². The van der Waals surface area contributed by atoms with Crippen LogP contribution < -0.4 is 11.3 Å². The maximum absolute atomic E-state index is 12.7. The number of para-hydroxylation sites is 1. The normalized spacial score (nSPS) is 14.1. The molecule has 0 saturated heterocycles. The Balaban J connectivity index is 1.39. The zero-order valence-corrected chi connectivity index (χ0v) is 15.9. The minimum atomic E-state index is -0.0713. The lowest BCUT2D eigenvalue weighted by atomic mass is 10.1. The van der Waals surface area contributed by atoms with Crippen molar-refractivity contribution in [2.45, 2.75) is 19.5 Å². The first kappa shape index (κ1) is 17.6. The van der Waals surface area contributed by atoms with Gasteiger partial charge in [0.15, 0.2) is 0 Å². The third-order valence-electron chi connectivity index (χ3n) is 5.37. The van der Waals surface area contributed by atoms with Gasteiger partial charge in [0.2, 0.25) is 0 Å². The standard InChI is InChI=1S/C23H21N5O/c24-17-8-5-16(6-9-17)22-26-21-11-12-28(14-19(21)23(29)27-22)13-18-10-7-15-3-1-2-4-20(15)25-18/h1-10H,11-14,24H2,(H,26,27,29). The van der Waals surface area contributed by atoms with Crippen molar-refractivity contribution in [1.29, 1.82) is 0 Å². The molecule has 144 valence electrons. The van der Waals surface area contributed by atoms with Gasteiger partial charge in [0.05, 0.1) is 22.5 Å². The molecule has 0 atom stereocenters. The van der Waals surface area contributed by atoms with Gasteiger partial charge in [0.25, 0.3) is 5.56 Å². The van der Waals surface area contributed by atoms with E-state index in [2.05, 4.69) is 28.1 Å². The van der Waals surface area contributed by atoms with Crippen molar-refractivity contribution in [3.63, 3.8) is 0 Å². The molecule has 0 saturated carbocycles. The van der Waals surface area contributed by atoms with Gasteiger partial charge in [-0.1, -0.05) is 24.3 Å². The number of hydrogen-bond acceptors (Lipinski definition) is 5. The predicted molar refractivity (Wildman–Crippen MR) is 114 cm³/mol. The Labute approximate surface area is 168 Å². The van der Waals surface area contributed by atoms with E-state index in [-0.39, 0.29) is 5.56 Å². The maximum Gasteiger partial charge on any atom is 0.255 e. The van der Waals surface area contributed by atoms with Crippen LogP contribution in [0, 0.1) is 0 Å². The Morgan fingerprint density at radius 3 is 2.69 bits per heavy atom. The minimum Gasteiger partial charge on any atom is -0.399 e. The number of aromatic amines is 1. The highest BCUT2D eigenvalue weighted by atomic mass is 16.1. The van der Waals surface area contributed by atoms with Crippen LogP contribution in [0.4, 0.5) is 5.69 Å². The number of benzene rings is 2. The molecule has 0 radical (unpaired) electrons. The fourth-order valence-electron chi connectivity index (χ4n) is 3.82. The van der Waals surface area contributed by atoms with Crippen LogP contribution in [0.2, 0.25) is 0 Å². The van der Waals surface area contributed by atoms with Crippen molar-refractivity contribution in [3.05, 3.63) is 88.0 Å². The summed E-state index contributed by atoms with van der Waals surface area (Å²) in [5, 5.41) is 1.14. The number of fused-ring (bicyclic) bond motifs is 2. The summed E-state index contributed by atoms with van der Waals surface area (Å²) in [5.41, 5.74) is 10.9. The molecule has 2 aromatic heterocycles. The zero-order chi connectivity index (χ0) is 19.8. The molecule has 0 bridgehead atoms. The van der Waals surface area contributed by atoms with Gasteiger partial charge in [0, 0.05) is 42.7 Å². The van der Waals surface area contributed by atoms with Gasteiger partial charge in [-0.3, -0.25) is 14.7 Å². The molecule has 3 N–H and O–H groups in total. The van der Waals surface area contributed by atoms with Crippen LogP contribution in [-0.2, 0) is 19.5 Å². The number of anilines is 1. The molecule has 2 aromatic carbocycles. The fraction of sp³-hybridized carbons (Fsp3) is 0.174. The molecular weight excluding hydrogens is 362 g/mol. The fourth-order valence-corrected chi connectivity index (χ4v) is 3.82. The summed E-state index contributed by atoms with van der Waals surface area (Å²) in [6.07, 6.45) is 0.745. The number of nitrogens with two attached hydrogens (primary N) is 1. The third-order valence-corrected chi connectivity index (χ3v) is 5.37. The molecule has 1 aliphatic rings. The smallest absolute Gasteiger partial charge is 0.255 e. The van der Waals surface area contributed by atoms with Crippen LogP contribution in [0.3, 0.4) is 0 Å². The monoisotopic (exact) mass is 383 g/mol. The molecule has 0 aliphatic carbocycles. The molecule has 3 heterocycles. The van der Waals surface area contributed by atoms with Crippen LogP contribution >= 0.6 is 0 Å². The third kappa shape index (κ3) is 3.50. The SMILES string of the molecule is Nc1ccc(-c2nc3c(c(=O)[nH]2)CN(Cc2ccc4ccccc4n2)CC3)cc1.